The van der Waals surface area contributed by atoms with Crippen LogP contribution in [-0.2, 0) is 0 Å². The minimum absolute atomic E-state index is 0.0266. The molecule has 0 N–H and O–H groups in total. The Balaban J connectivity index is 1.28. The molecule has 0 radical (unpaired) electrons. The normalized spacial score (nSPS) is 14.5. The van der Waals surface area contributed by atoms with Gasteiger partial charge in [-0.1, -0.05) is 47.1 Å². The average Bonchev–Trinajstić information content (AvgIpc) is 3.27. The van der Waals surface area contributed by atoms with E-state index in [1.54, 1.807) is 23.1 Å². The summed E-state index contributed by atoms with van der Waals surface area (Å²) in [5.74, 6) is 1.27. The van der Waals surface area contributed by atoms with Crippen molar-refractivity contribution in [2.24, 2.45) is 0 Å². The molecule has 1 saturated heterocycles. The van der Waals surface area contributed by atoms with Crippen LogP contribution in [0.2, 0.25) is 5.02 Å². The molecule has 27 heavy (non-hydrogen) atoms. The molecular formula is C20H14ClN3O3. The molecule has 6 nitrogen and oxygen atoms in total. The van der Waals surface area contributed by atoms with Crippen LogP contribution in [-0.4, -0.2) is 34.0 Å². The molecular weight excluding hydrogens is 366 g/mol. The highest BCUT2D eigenvalue weighted by molar-refractivity contribution is 6.30. The predicted molar refractivity (Wildman–Crippen MR) is 99.6 cm³/mol. The van der Waals surface area contributed by atoms with Crippen molar-refractivity contribution in [3.05, 3.63) is 71.3 Å². The second-order valence-electron chi connectivity index (χ2n) is 6.52. The molecule has 0 saturated carbocycles. The molecule has 134 valence electrons. The smallest absolute Gasteiger partial charge is 0.289 e. The molecule has 1 aliphatic heterocycles. The van der Waals surface area contributed by atoms with Gasteiger partial charge in [-0.3, -0.25) is 4.79 Å². The van der Waals surface area contributed by atoms with Crippen molar-refractivity contribution in [1.82, 2.24) is 15.0 Å². The molecule has 4 aromatic rings. The van der Waals surface area contributed by atoms with Gasteiger partial charge < -0.3 is 13.8 Å². The monoisotopic (exact) mass is 379 g/mol. The van der Waals surface area contributed by atoms with E-state index in [2.05, 4.69) is 10.1 Å². The molecule has 0 aliphatic carbocycles. The molecule has 1 aliphatic rings. The highest BCUT2D eigenvalue weighted by Crippen LogP contribution is 2.30. The van der Waals surface area contributed by atoms with Crippen LogP contribution in [0, 0.1) is 0 Å². The third-order valence-electron chi connectivity index (χ3n) is 4.68. The van der Waals surface area contributed by atoms with E-state index in [4.69, 9.17) is 20.5 Å². The van der Waals surface area contributed by atoms with Crippen LogP contribution in [0.1, 0.15) is 22.4 Å². The van der Waals surface area contributed by atoms with Crippen LogP contribution in [0.3, 0.4) is 0 Å². The van der Waals surface area contributed by atoms with Gasteiger partial charge in [-0.2, -0.15) is 4.98 Å². The van der Waals surface area contributed by atoms with Crippen molar-refractivity contribution in [3.63, 3.8) is 0 Å². The molecule has 0 bridgehead atoms. The third-order valence-corrected chi connectivity index (χ3v) is 4.91. The predicted octanol–water partition coefficient (Wildman–Crippen LogP) is 4.38. The van der Waals surface area contributed by atoms with Gasteiger partial charge in [-0.25, -0.2) is 0 Å². The van der Waals surface area contributed by atoms with Crippen molar-refractivity contribution in [3.8, 4) is 11.4 Å². The van der Waals surface area contributed by atoms with Gasteiger partial charge in [0.15, 0.2) is 5.76 Å². The molecule has 0 unspecified atom stereocenters. The number of amides is 1. The zero-order chi connectivity index (χ0) is 18.4. The Labute approximate surface area is 159 Å². The van der Waals surface area contributed by atoms with Crippen LogP contribution < -0.4 is 0 Å². The first-order valence-corrected chi connectivity index (χ1v) is 8.92. The van der Waals surface area contributed by atoms with Crippen LogP contribution in [0.4, 0.5) is 0 Å². The Kier molecular flexibility index (Phi) is 3.72. The number of furan rings is 1. The first-order chi connectivity index (χ1) is 13.2. The number of hydrogen-bond acceptors (Lipinski definition) is 5. The Morgan fingerprint density at radius 2 is 1.96 bits per heavy atom. The summed E-state index contributed by atoms with van der Waals surface area (Å²) >= 11 is 6.00. The SMILES string of the molecule is O=C(c1cc2ccccc2o1)N1CC(c2nc(-c3cccc(Cl)c3)no2)C1. The lowest BCUT2D eigenvalue weighted by molar-refractivity contribution is 0.0539. The quantitative estimate of drug-likeness (QED) is 0.528. The average molecular weight is 380 g/mol. The number of aromatic nitrogens is 2. The van der Waals surface area contributed by atoms with E-state index >= 15 is 0 Å². The minimum Gasteiger partial charge on any atom is -0.451 e. The van der Waals surface area contributed by atoms with Gasteiger partial charge >= 0.3 is 0 Å². The maximum Gasteiger partial charge on any atom is 0.289 e. The van der Waals surface area contributed by atoms with Crippen LogP contribution >= 0.6 is 11.6 Å². The molecule has 0 atom stereocenters. The summed E-state index contributed by atoms with van der Waals surface area (Å²) in [6.07, 6.45) is 0. The standard InChI is InChI=1S/C20H14ClN3O3/c21-15-6-3-5-13(8-15)18-22-19(27-23-18)14-10-24(11-14)20(25)17-9-12-4-1-2-7-16(12)26-17/h1-9,14H,10-11H2. The first-order valence-electron chi connectivity index (χ1n) is 8.55. The van der Waals surface area contributed by atoms with Crippen molar-refractivity contribution in [2.45, 2.75) is 5.92 Å². The minimum atomic E-state index is -0.128. The highest BCUT2D eigenvalue weighted by Gasteiger charge is 2.37. The Morgan fingerprint density at radius 3 is 2.78 bits per heavy atom. The summed E-state index contributed by atoms with van der Waals surface area (Å²) in [4.78, 5) is 18.7. The van der Waals surface area contributed by atoms with E-state index in [1.807, 2.05) is 36.4 Å². The number of nitrogens with zero attached hydrogens (tertiary/aromatic N) is 3. The van der Waals surface area contributed by atoms with Crippen molar-refractivity contribution in [1.29, 1.82) is 0 Å². The molecule has 2 aromatic carbocycles. The lowest BCUT2D eigenvalue weighted by Crippen LogP contribution is -2.48. The Hall–Kier alpha value is -3.12. The summed E-state index contributed by atoms with van der Waals surface area (Å²) in [5, 5.41) is 5.55. The van der Waals surface area contributed by atoms with E-state index in [0.29, 0.717) is 41.2 Å². The second-order valence-corrected chi connectivity index (χ2v) is 6.96. The molecule has 1 fully saturated rings. The second kappa shape index (κ2) is 6.25. The highest BCUT2D eigenvalue weighted by atomic mass is 35.5. The van der Waals surface area contributed by atoms with Crippen LogP contribution in [0.15, 0.2) is 63.5 Å². The molecule has 5 rings (SSSR count). The number of halogens is 1. The third kappa shape index (κ3) is 2.88. The number of rotatable bonds is 3. The van der Waals surface area contributed by atoms with E-state index in [0.717, 1.165) is 10.9 Å². The number of likely N-dealkylation sites (tertiary alicyclic amines) is 1. The molecule has 7 heteroatoms. The van der Waals surface area contributed by atoms with E-state index in [1.165, 1.54) is 0 Å². The maximum absolute atomic E-state index is 12.6. The van der Waals surface area contributed by atoms with E-state index < -0.39 is 0 Å². The fourth-order valence-corrected chi connectivity index (χ4v) is 3.38. The fraction of sp³-hybridized carbons (Fsp3) is 0.150. The van der Waals surface area contributed by atoms with Gasteiger partial charge in [0.2, 0.25) is 11.7 Å². The zero-order valence-corrected chi connectivity index (χ0v) is 14.9. The van der Waals surface area contributed by atoms with Gasteiger partial charge in [0.1, 0.15) is 5.58 Å². The molecule has 1 amide bonds. The first kappa shape index (κ1) is 16.1. The topological polar surface area (TPSA) is 72.4 Å². The number of para-hydroxylation sites is 1. The lowest BCUT2D eigenvalue weighted by atomic mass is 10.00. The van der Waals surface area contributed by atoms with Gasteiger partial charge in [0.05, 0.1) is 5.92 Å². The number of fused-ring (bicyclic) bond motifs is 1. The van der Waals surface area contributed by atoms with E-state index in [-0.39, 0.29) is 11.8 Å². The fourth-order valence-electron chi connectivity index (χ4n) is 3.19. The van der Waals surface area contributed by atoms with Crippen LogP contribution in [0.5, 0.6) is 0 Å². The molecule has 0 spiro atoms. The number of carbonyl (C=O) groups is 1. The van der Waals surface area contributed by atoms with Crippen LogP contribution in [0.25, 0.3) is 22.4 Å². The van der Waals surface area contributed by atoms with Crippen molar-refractivity contribution >= 4 is 28.5 Å². The Bertz CT molecular complexity index is 1110. The van der Waals surface area contributed by atoms with Crippen molar-refractivity contribution < 1.29 is 13.7 Å². The van der Waals surface area contributed by atoms with E-state index in [9.17, 15) is 4.79 Å². The molecule has 2 aromatic heterocycles. The zero-order valence-electron chi connectivity index (χ0n) is 14.1. The lowest BCUT2D eigenvalue weighted by Gasteiger charge is -2.36. The summed E-state index contributed by atoms with van der Waals surface area (Å²) < 4.78 is 11.0. The van der Waals surface area contributed by atoms with Gasteiger partial charge in [-0.15, -0.1) is 0 Å². The summed E-state index contributed by atoms with van der Waals surface area (Å²) in [6, 6.07) is 16.6. The molecule has 3 heterocycles. The van der Waals surface area contributed by atoms with Gasteiger partial charge in [0, 0.05) is 29.1 Å². The Morgan fingerprint density at radius 1 is 1.11 bits per heavy atom. The van der Waals surface area contributed by atoms with Gasteiger partial charge in [0.25, 0.3) is 5.91 Å². The number of carbonyl (C=O) groups excluding carboxylic acids is 1. The summed E-state index contributed by atoms with van der Waals surface area (Å²) in [5.41, 5.74) is 1.51. The number of hydrogen-bond donors (Lipinski definition) is 0. The maximum atomic E-state index is 12.6. The summed E-state index contributed by atoms with van der Waals surface area (Å²) in [7, 11) is 0. The summed E-state index contributed by atoms with van der Waals surface area (Å²) in [6.45, 7) is 1.04. The van der Waals surface area contributed by atoms with Crippen molar-refractivity contribution in [2.75, 3.05) is 13.1 Å². The van der Waals surface area contributed by atoms with Gasteiger partial charge in [-0.05, 0) is 24.3 Å². The number of benzene rings is 2. The largest absolute Gasteiger partial charge is 0.451 e.